The van der Waals surface area contributed by atoms with Gasteiger partial charge >= 0.3 is 30.3 Å². The number of hydrogen-bond donors (Lipinski definition) is 3. The van der Waals surface area contributed by atoms with Gasteiger partial charge in [-0.25, -0.2) is 14.4 Å². The molecule has 0 fully saturated rings. The lowest BCUT2D eigenvalue weighted by Crippen LogP contribution is -2.54. The Morgan fingerprint density at radius 2 is 1.05 bits per heavy atom. The molecule has 16 heteroatoms. The number of ether oxygens (including phenoxy) is 2. The van der Waals surface area contributed by atoms with Crippen LogP contribution in [0.5, 0.6) is 0 Å². The number of esters is 2. The van der Waals surface area contributed by atoms with Gasteiger partial charge in [-0.2, -0.15) is 26.3 Å². The van der Waals surface area contributed by atoms with E-state index in [1.54, 1.807) is 11.5 Å². The second-order valence-electron chi connectivity index (χ2n) is 8.46. The van der Waals surface area contributed by atoms with E-state index in [1.165, 1.54) is 24.3 Å². The largest absolute Gasteiger partial charge is 0.478 e. The number of halogens is 6. The highest BCUT2D eigenvalue weighted by atomic mass is 19.4. The maximum absolute atomic E-state index is 13.1. The number of hydrazine groups is 1. The summed E-state index contributed by atoms with van der Waals surface area (Å²) in [5, 5.41) is 9.70. The first-order chi connectivity index (χ1) is 20.1. The maximum Gasteiger partial charge on any atom is 0.416 e. The minimum atomic E-state index is -4.90. The lowest BCUT2D eigenvalue weighted by molar-refractivity contribution is -0.159. The van der Waals surface area contributed by atoms with Crippen LogP contribution in [0.2, 0.25) is 0 Å². The van der Waals surface area contributed by atoms with Crippen LogP contribution < -0.4 is 10.9 Å². The van der Waals surface area contributed by atoms with Gasteiger partial charge in [-0.15, -0.1) is 0 Å². The molecule has 0 heterocycles. The quantitative estimate of drug-likeness (QED) is 0.196. The van der Waals surface area contributed by atoms with Gasteiger partial charge in [0.25, 0.3) is 11.8 Å². The maximum atomic E-state index is 13.1. The molecule has 0 unspecified atom stereocenters. The summed E-state index contributed by atoms with van der Waals surface area (Å²) in [6, 6.07) is 12.3. The summed E-state index contributed by atoms with van der Waals surface area (Å²) < 4.78 is 88.1. The first-order valence-electron chi connectivity index (χ1n) is 11.7. The molecule has 0 aliphatic carbocycles. The molecule has 0 aromatic heterocycles. The second kappa shape index (κ2) is 13.1. The van der Waals surface area contributed by atoms with Gasteiger partial charge in [-0.05, 0) is 48.5 Å². The Morgan fingerprint density at radius 1 is 0.605 bits per heavy atom. The summed E-state index contributed by atoms with van der Waals surface area (Å²) in [6.45, 7) is 0. The Kier molecular flexibility index (Phi) is 9.75. The molecule has 0 aliphatic heterocycles. The van der Waals surface area contributed by atoms with Crippen molar-refractivity contribution in [2.24, 2.45) is 0 Å². The monoisotopic (exact) mass is 612 g/mol. The lowest BCUT2D eigenvalue weighted by Gasteiger charge is -2.24. The zero-order valence-corrected chi connectivity index (χ0v) is 21.2. The van der Waals surface area contributed by atoms with Crippen molar-refractivity contribution in [3.05, 3.63) is 107 Å². The molecule has 0 radical (unpaired) electrons. The van der Waals surface area contributed by atoms with Crippen molar-refractivity contribution in [2.75, 3.05) is 0 Å². The van der Waals surface area contributed by atoms with Gasteiger partial charge in [0.2, 0.25) is 12.2 Å². The first-order valence-corrected chi connectivity index (χ1v) is 11.7. The van der Waals surface area contributed by atoms with Crippen molar-refractivity contribution >= 4 is 29.7 Å². The number of nitrogens with one attached hydrogen (secondary N) is 2. The smallest absolute Gasteiger partial charge is 0.416 e. The zero-order valence-electron chi connectivity index (χ0n) is 21.2. The Labute approximate surface area is 237 Å². The molecule has 3 aromatic rings. The lowest BCUT2D eigenvalue weighted by atomic mass is 10.1. The number of carboxylic acid groups (broad SMARTS) is 1. The third-order valence-electron chi connectivity index (χ3n) is 5.43. The average Bonchev–Trinajstić information content (AvgIpc) is 2.96. The number of amides is 2. The first kappa shape index (κ1) is 32.1. The SMILES string of the molecule is O=C(NNC(=O)[C@H](OC(=O)c1cccc(C(F)(F)F)c1)[C@H](OC(=O)c1cccc(C(F)(F)F)c1)C(=O)O)c1ccccc1. The standard InChI is InChI=1S/C27H18F6N2O8/c28-26(29,30)17-10-4-8-15(12-17)24(40)42-19(22(37)35-34-21(36)14-6-2-1-3-7-14)20(23(38)39)43-25(41)16-9-5-11-18(13-16)27(31,32)33/h1-13,19-20H,(H,34,36)(H,35,37)(H,38,39)/t19-,20+/m1/s1. The van der Waals surface area contributed by atoms with Gasteiger partial charge in [0.05, 0.1) is 22.3 Å². The molecule has 2 amide bonds. The van der Waals surface area contributed by atoms with Crippen LogP contribution in [0.3, 0.4) is 0 Å². The van der Waals surface area contributed by atoms with Gasteiger partial charge in [0.1, 0.15) is 0 Å². The van der Waals surface area contributed by atoms with Gasteiger partial charge in [0, 0.05) is 5.56 Å². The predicted octanol–water partition coefficient (Wildman–Crippen LogP) is 4.02. The highest BCUT2D eigenvalue weighted by Crippen LogP contribution is 2.31. The summed E-state index contributed by atoms with van der Waals surface area (Å²) in [7, 11) is 0. The van der Waals surface area contributed by atoms with Crippen LogP contribution in [0.4, 0.5) is 26.3 Å². The van der Waals surface area contributed by atoms with Crippen LogP contribution >= 0.6 is 0 Å². The Morgan fingerprint density at radius 3 is 1.49 bits per heavy atom. The predicted molar refractivity (Wildman–Crippen MR) is 131 cm³/mol. The summed E-state index contributed by atoms with van der Waals surface area (Å²) in [4.78, 5) is 62.6. The van der Waals surface area contributed by atoms with E-state index in [1.807, 2.05) is 5.43 Å². The van der Waals surface area contributed by atoms with E-state index >= 15 is 0 Å². The zero-order chi connectivity index (χ0) is 31.9. The molecule has 3 aromatic carbocycles. The normalized spacial score (nSPS) is 12.8. The van der Waals surface area contributed by atoms with Gasteiger partial charge in [-0.3, -0.25) is 20.4 Å². The Bertz CT molecular complexity index is 1530. The van der Waals surface area contributed by atoms with Gasteiger partial charge in [0.15, 0.2) is 0 Å². The van der Waals surface area contributed by atoms with Crippen molar-refractivity contribution in [3.8, 4) is 0 Å². The average molecular weight is 612 g/mol. The fourth-order valence-corrected chi connectivity index (χ4v) is 3.36. The number of carbonyl (C=O) groups excluding carboxylic acids is 4. The molecule has 0 saturated heterocycles. The Hall–Kier alpha value is -5.41. The Balaban J connectivity index is 1.92. The number of hydrogen-bond acceptors (Lipinski definition) is 7. The molecule has 0 aliphatic rings. The van der Waals surface area contributed by atoms with Crippen LogP contribution in [0.15, 0.2) is 78.9 Å². The summed E-state index contributed by atoms with van der Waals surface area (Å²) in [5.74, 6) is -8.09. The number of alkyl halides is 6. The van der Waals surface area contributed by atoms with E-state index in [4.69, 9.17) is 9.47 Å². The van der Waals surface area contributed by atoms with Crippen molar-refractivity contribution < 1.29 is 64.9 Å². The third kappa shape index (κ3) is 8.54. The van der Waals surface area contributed by atoms with Crippen LogP contribution in [0, 0.1) is 0 Å². The topological polar surface area (TPSA) is 148 Å². The van der Waals surface area contributed by atoms with E-state index in [2.05, 4.69) is 0 Å². The number of benzene rings is 3. The molecule has 2 atom stereocenters. The summed E-state index contributed by atoms with van der Waals surface area (Å²) in [5.41, 5.74) is -0.561. The number of carbonyl (C=O) groups is 5. The summed E-state index contributed by atoms with van der Waals surface area (Å²) in [6.07, 6.45) is -15.2. The van der Waals surface area contributed by atoms with E-state index in [0.29, 0.717) is 24.3 Å². The van der Waals surface area contributed by atoms with Crippen molar-refractivity contribution in [1.82, 2.24) is 10.9 Å². The van der Waals surface area contributed by atoms with Crippen LogP contribution in [0.1, 0.15) is 42.2 Å². The van der Waals surface area contributed by atoms with E-state index in [9.17, 15) is 55.4 Å². The minimum absolute atomic E-state index is 0.00562. The molecule has 226 valence electrons. The second-order valence-corrected chi connectivity index (χ2v) is 8.46. The highest BCUT2D eigenvalue weighted by Gasteiger charge is 2.42. The molecular formula is C27H18F6N2O8. The molecular weight excluding hydrogens is 594 g/mol. The number of carboxylic acids is 1. The van der Waals surface area contributed by atoms with E-state index in [0.717, 1.165) is 24.3 Å². The molecule has 10 nitrogen and oxygen atoms in total. The van der Waals surface area contributed by atoms with Gasteiger partial charge < -0.3 is 14.6 Å². The molecule has 43 heavy (non-hydrogen) atoms. The number of rotatable bonds is 8. The third-order valence-corrected chi connectivity index (χ3v) is 5.43. The van der Waals surface area contributed by atoms with Gasteiger partial charge in [-0.1, -0.05) is 30.3 Å². The van der Waals surface area contributed by atoms with E-state index in [-0.39, 0.29) is 5.56 Å². The van der Waals surface area contributed by atoms with Crippen LogP contribution in [-0.2, 0) is 31.4 Å². The molecule has 0 spiro atoms. The molecule has 0 bridgehead atoms. The van der Waals surface area contributed by atoms with E-state index < -0.39 is 76.5 Å². The fraction of sp³-hybridized carbons (Fsp3) is 0.148. The summed E-state index contributed by atoms with van der Waals surface area (Å²) >= 11 is 0. The highest BCUT2D eigenvalue weighted by molar-refractivity contribution is 5.99. The van der Waals surface area contributed by atoms with Crippen molar-refractivity contribution in [3.63, 3.8) is 0 Å². The van der Waals surface area contributed by atoms with Crippen molar-refractivity contribution in [1.29, 1.82) is 0 Å². The van der Waals surface area contributed by atoms with Crippen LogP contribution in [-0.4, -0.2) is 47.0 Å². The van der Waals surface area contributed by atoms with Crippen molar-refractivity contribution in [2.45, 2.75) is 24.6 Å². The molecule has 3 rings (SSSR count). The molecule has 0 saturated carbocycles. The number of aliphatic carboxylic acids is 1. The molecule has 3 N–H and O–H groups in total. The van der Waals surface area contributed by atoms with Crippen LogP contribution in [0.25, 0.3) is 0 Å². The minimum Gasteiger partial charge on any atom is -0.478 e. The fourth-order valence-electron chi connectivity index (χ4n) is 3.36.